The number of rotatable bonds is 6. The van der Waals surface area contributed by atoms with Crippen molar-refractivity contribution in [1.29, 1.82) is 0 Å². The van der Waals surface area contributed by atoms with E-state index in [-0.39, 0.29) is 18.3 Å². The van der Waals surface area contributed by atoms with Gasteiger partial charge in [-0.3, -0.25) is 19.8 Å². The monoisotopic (exact) mass is 1110 g/mol. The molecule has 0 radical (unpaired) electrons. The maximum atomic E-state index is 6.18. The molecule has 0 aliphatic carbocycles. The maximum absolute atomic E-state index is 6.18. The van der Waals surface area contributed by atoms with Crippen molar-refractivity contribution in [3.63, 3.8) is 0 Å². The molecule has 0 spiro atoms. The van der Waals surface area contributed by atoms with E-state index in [1.807, 2.05) is 35.4 Å². The number of hydrogen-bond donors (Lipinski definition) is 0. The molecular weight excluding hydrogens is 1040 g/mol. The highest BCUT2D eigenvalue weighted by atomic mass is 79.9. The number of anilines is 1. The molecule has 7 aliphatic heterocycles. The van der Waals surface area contributed by atoms with Crippen LogP contribution in [0, 0.1) is 27.7 Å². The molecule has 11 heterocycles. The Morgan fingerprint density at radius 3 is 1.77 bits per heavy atom. The molecule has 0 atom stereocenters. The third-order valence-corrected chi connectivity index (χ3v) is 18.6. The molecule has 0 bridgehead atoms. The molecule has 13 rings (SSSR count). The molecule has 408 valence electrons. The lowest BCUT2D eigenvalue weighted by molar-refractivity contribution is 0.00578. The van der Waals surface area contributed by atoms with Gasteiger partial charge in [-0.1, -0.05) is 0 Å². The van der Waals surface area contributed by atoms with Crippen LogP contribution in [0.2, 0.25) is 0 Å². The summed E-state index contributed by atoms with van der Waals surface area (Å²) in [6.45, 7) is 30.9. The van der Waals surface area contributed by atoms with Crippen molar-refractivity contribution in [2.75, 3.05) is 97.5 Å². The predicted octanol–water partition coefficient (Wildman–Crippen LogP) is 8.90. The number of piperidine rings is 2. The van der Waals surface area contributed by atoms with Crippen LogP contribution in [0.25, 0.3) is 38.4 Å². The lowest BCUT2D eigenvalue weighted by Gasteiger charge is -2.42. The summed E-state index contributed by atoms with van der Waals surface area (Å²) in [4.78, 5) is 28.8. The minimum atomic E-state index is -0.345. The second kappa shape index (κ2) is 22.5. The van der Waals surface area contributed by atoms with Crippen molar-refractivity contribution in [3.05, 3.63) is 118 Å². The summed E-state index contributed by atoms with van der Waals surface area (Å²) in [5.74, 6) is 0.820. The number of nitrogens with zero attached hydrogens (tertiary/aromatic N) is 13. The van der Waals surface area contributed by atoms with Gasteiger partial charge in [0.05, 0.1) is 63.9 Å². The van der Waals surface area contributed by atoms with Gasteiger partial charge >= 0.3 is 17.4 Å². The van der Waals surface area contributed by atoms with Gasteiger partial charge in [-0.15, -0.1) is 10.0 Å². The highest BCUT2D eigenvalue weighted by Gasteiger charge is 2.52. The number of piperazine rings is 2. The lowest BCUT2D eigenvalue weighted by atomic mass is 9.76. The molecule has 15 nitrogen and oxygen atoms in total. The molecule has 7 aliphatic rings. The van der Waals surface area contributed by atoms with Crippen LogP contribution >= 0.6 is 15.9 Å². The fraction of sp³-hybridized carbons (Fsp3) is 0.492. The van der Waals surface area contributed by atoms with Gasteiger partial charge in [0.25, 0.3) is 6.21 Å². The number of fused-ring (bicyclic) bond motifs is 4. The molecule has 0 unspecified atom stereocenters. The average molecular weight is 1120 g/mol. The smallest absolute Gasteiger partial charge is 0.399 e. The number of hydrogen-bond acceptors (Lipinski definition) is 14. The average Bonchev–Trinajstić information content (AvgIpc) is 4.16. The number of benzene rings is 2. The van der Waals surface area contributed by atoms with Crippen molar-refractivity contribution < 1.29 is 9.31 Å². The first-order valence-corrected chi connectivity index (χ1v) is 29.1. The summed E-state index contributed by atoms with van der Waals surface area (Å²) in [7, 11) is 4.10. The molecule has 2 aromatic carbocycles. The number of halogens is 1. The second-order valence-corrected chi connectivity index (χ2v) is 24.4. The number of aromatic nitrogens is 4. The Morgan fingerprint density at radius 1 is 0.628 bits per heavy atom. The van der Waals surface area contributed by atoms with Crippen LogP contribution in [0.15, 0.2) is 106 Å². The number of likely N-dealkylation sites (tertiary alicyclic amines) is 1. The zero-order valence-electron chi connectivity index (χ0n) is 47.6. The van der Waals surface area contributed by atoms with E-state index in [9.17, 15) is 0 Å². The summed E-state index contributed by atoms with van der Waals surface area (Å²) in [6.07, 6.45) is 19.8. The van der Waals surface area contributed by atoms with E-state index in [0.29, 0.717) is 0 Å². The summed E-state index contributed by atoms with van der Waals surface area (Å²) in [6, 6.07) is 18.8. The summed E-state index contributed by atoms with van der Waals surface area (Å²) >= 11 is 3.42. The van der Waals surface area contributed by atoms with Gasteiger partial charge in [0, 0.05) is 140 Å². The molecule has 5 fully saturated rings. The normalized spacial score (nSPS) is 21.5. The zero-order valence-corrected chi connectivity index (χ0v) is 49.2. The maximum Gasteiger partial charge on any atom is 0.495 e. The van der Waals surface area contributed by atoms with Crippen LogP contribution in [-0.4, -0.2) is 185 Å². The number of allylic oxidation sites excluding steroid dienone is 2. The largest absolute Gasteiger partial charge is 0.495 e. The van der Waals surface area contributed by atoms with E-state index in [0.717, 1.165) is 87.2 Å². The third kappa shape index (κ3) is 11.3. The standard InChI is InChI=1S/C28H34N6.C17H22BNO2.C16H22BrN6/c1-20-16-25-24(6-9-29-27(25)17-21(20)2)26-18-30-34-19-23(4-5-28(26)34)32-10-7-22(8-11-32)33-14-12-31(3)13-15-33;1-11-9-13-14(7-8-19-15(13)10-12(11)2)18-20-16(3,4)17(5,6)21-18;1-20-6-8-22(9-7-20)13-2-4-21(5-3-13)14-10-18-16-15(17)11-19-23(16)12-14/h4-6,9,16-19,22H,7-8,10-15H2,1-3H3;7-10H,1-6H3;10,12-13H,2-9H2,1H3/q;;+1. The number of aryl methyl sites for hydroxylation is 4. The topological polar surface area (TPSA) is 109 Å². The van der Waals surface area contributed by atoms with Gasteiger partial charge in [-0.05, 0) is 177 Å². The molecule has 0 saturated carbocycles. The molecule has 78 heavy (non-hydrogen) atoms. The quantitative estimate of drug-likeness (QED) is 0.117. The molecule has 0 amide bonds. The van der Waals surface area contributed by atoms with Crippen LogP contribution in [-0.2, 0) is 9.31 Å². The Balaban J connectivity index is 0.000000129. The van der Waals surface area contributed by atoms with Gasteiger partial charge in [0.2, 0.25) is 0 Å². The summed E-state index contributed by atoms with van der Waals surface area (Å²) in [5, 5.41) is 13.1. The summed E-state index contributed by atoms with van der Waals surface area (Å²) in [5.41, 5.74) is 13.4. The van der Waals surface area contributed by atoms with Crippen LogP contribution in [0.4, 0.5) is 5.69 Å². The van der Waals surface area contributed by atoms with E-state index < -0.39 is 0 Å². The number of pyridine rings is 3. The summed E-state index contributed by atoms with van der Waals surface area (Å²) < 4.78 is 15.2. The van der Waals surface area contributed by atoms with E-state index in [1.165, 1.54) is 117 Å². The van der Waals surface area contributed by atoms with Gasteiger partial charge in [-0.2, -0.15) is 5.10 Å². The van der Waals surface area contributed by atoms with Crippen molar-refractivity contribution in [3.8, 4) is 11.1 Å². The Labute approximate surface area is 470 Å². The van der Waals surface area contributed by atoms with Gasteiger partial charge < -0.3 is 28.9 Å². The number of hydrazone groups is 1. The van der Waals surface area contributed by atoms with Crippen molar-refractivity contribution >= 4 is 74.0 Å². The van der Waals surface area contributed by atoms with Gasteiger partial charge in [0.15, 0.2) is 0 Å². The van der Waals surface area contributed by atoms with Crippen LogP contribution < -0.4 is 10.4 Å². The SMILES string of the molecule is CN1CCN(C2CCN(C3=CN4N=[C+]C(Br)=C4N=C3)CC2)CC1.Cc1cc2nccc(-c3cnn4cc(N5CCC(N6CCN(C)CC6)CC5)ccc34)c2cc1C.Cc1cc2nccc(B3OC(C)(C)C(C)(C)O3)c2cc1C. The van der Waals surface area contributed by atoms with E-state index in [4.69, 9.17) is 14.4 Å². The minimum absolute atomic E-state index is 0.326. The molecule has 17 heteroatoms. The Bertz CT molecular complexity index is 3270. The number of likely N-dealkylation sites (N-methyl/N-ethyl adjacent to an activating group) is 2. The van der Waals surface area contributed by atoms with E-state index >= 15 is 0 Å². The van der Waals surface area contributed by atoms with E-state index in [1.54, 1.807) is 5.01 Å². The van der Waals surface area contributed by atoms with Crippen LogP contribution in [0.1, 0.15) is 75.6 Å². The minimum Gasteiger partial charge on any atom is -0.399 e. The molecule has 5 saturated heterocycles. The first-order chi connectivity index (χ1) is 37.5. The first kappa shape index (κ1) is 54.3. The molecular formula is C61H78BBrN13O2+. The van der Waals surface area contributed by atoms with Crippen molar-refractivity contribution in [1.82, 2.24) is 49.1 Å². The molecule has 4 aromatic heterocycles. The van der Waals surface area contributed by atoms with Crippen molar-refractivity contribution in [2.24, 2.45) is 10.1 Å². The van der Waals surface area contributed by atoms with Crippen LogP contribution in [0.5, 0.6) is 0 Å². The molecule has 6 aromatic rings. The Kier molecular flexibility index (Phi) is 15.7. The van der Waals surface area contributed by atoms with Crippen LogP contribution in [0.3, 0.4) is 0 Å². The highest BCUT2D eigenvalue weighted by Crippen LogP contribution is 2.38. The lowest BCUT2D eigenvalue weighted by Crippen LogP contribution is -2.52. The third-order valence-electron chi connectivity index (χ3n) is 18.1. The molecule has 0 N–H and O–H groups in total. The fourth-order valence-corrected chi connectivity index (χ4v) is 12.3. The Morgan fingerprint density at radius 2 is 1.17 bits per heavy atom. The zero-order chi connectivity index (χ0) is 54.5. The van der Waals surface area contributed by atoms with E-state index in [2.05, 4.69) is 196 Å². The van der Waals surface area contributed by atoms with Crippen molar-refractivity contribution in [2.45, 2.75) is 104 Å². The predicted molar refractivity (Wildman–Crippen MR) is 322 cm³/mol. The number of aliphatic imine (C=N–C) groups is 1. The fourth-order valence-electron chi connectivity index (χ4n) is 11.9. The van der Waals surface area contributed by atoms with Gasteiger partial charge in [-0.25, -0.2) is 4.52 Å². The first-order valence-electron chi connectivity index (χ1n) is 28.3. The highest BCUT2D eigenvalue weighted by molar-refractivity contribution is 9.12. The second-order valence-electron chi connectivity index (χ2n) is 23.7. The Hall–Kier alpha value is -5.62. The van der Waals surface area contributed by atoms with Gasteiger partial charge in [0.1, 0.15) is 0 Å².